The van der Waals surface area contributed by atoms with Gasteiger partial charge < -0.3 is 9.64 Å². The summed E-state index contributed by atoms with van der Waals surface area (Å²) in [6.45, 7) is 4.54. The van der Waals surface area contributed by atoms with Gasteiger partial charge in [0.15, 0.2) is 0 Å². The molecule has 1 amide bonds. The number of rotatable bonds is 6. The van der Waals surface area contributed by atoms with Crippen molar-refractivity contribution in [1.29, 1.82) is 0 Å². The van der Waals surface area contributed by atoms with Gasteiger partial charge in [0.25, 0.3) is 0 Å². The van der Waals surface area contributed by atoms with Crippen LogP contribution in [0.15, 0.2) is 18.2 Å². The van der Waals surface area contributed by atoms with Crippen LogP contribution in [0.25, 0.3) is 0 Å². The van der Waals surface area contributed by atoms with E-state index in [2.05, 4.69) is 0 Å². The van der Waals surface area contributed by atoms with E-state index < -0.39 is 17.7 Å². The van der Waals surface area contributed by atoms with E-state index in [1.807, 2.05) is 6.92 Å². The number of carbonyl (C=O) groups is 1. The van der Waals surface area contributed by atoms with Gasteiger partial charge in [0, 0.05) is 26.3 Å². The highest BCUT2D eigenvalue weighted by Crippen LogP contribution is 2.28. The van der Waals surface area contributed by atoms with Gasteiger partial charge in [0.1, 0.15) is 17.7 Å². The first kappa shape index (κ1) is 18.8. The maximum Gasteiger partial charge on any atom is 0.244 e. The van der Waals surface area contributed by atoms with E-state index in [4.69, 9.17) is 4.74 Å². The van der Waals surface area contributed by atoms with Crippen molar-refractivity contribution in [3.05, 3.63) is 35.4 Å². The first-order valence-corrected chi connectivity index (χ1v) is 8.42. The van der Waals surface area contributed by atoms with Gasteiger partial charge in [-0.3, -0.25) is 9.69 Å². The Morgan fingerprint density at radius 2 is 1.88 bits per heavy atom. The Hall–Kier alpha value is -1.53. The van der Waals surface area contributed by atoms with Gasteiger partial charge in [0.05, 0.1) is 5.56 Å². The zero-order valence-electron chi connectivity index (χ0n) is 14.6. The molecule has 0 N–H and O–H groups in total. The Labute approximate surface area is 142 Å². The number of hydrogen-bond donors (Lipinski definition) is 0. The smallest absolute Gasteiger partial charge is 0.244 e. The second kappa shape index (κ2) is 8.53. The highest BCUT2D eigenvalue weighted by atomic mass is 19.1. The van der Waals surface area contributed by atoms with Crippen molar-refractivity contribution in [3.8, 4) is 0 Å². The van der Waals surface area contributed by atoms with Gasteiger partial charge in [-0.05, 0) is 51.9 Å². The van der Waals surface area contributed by atoms with Crippen LogP contribution in [0.5, 0.6) is 0 Å². The molecule has 0 saturated carbocycles. The van der Waals surface area contributed by atoms with Crippen molar-refractivity contribution in [1.82, 2.24) is 9.80 Å². The Kier molecular flexibility index (Phi) is 6.69. The third kappa shape index (κ3) is 4.30. The number of amides is 1. The maximum atomic E-state index is 14.1. The lowest BCUT2D eigenvalue weighted by molar-refractivity contribution is -0.138. The minimum atomic E-state index is -0.949. The zero-order chi connectivity index (χ0) is 17.7. The molecule has 0 unspecified atom stereocenters. The van der Waals surface area contributed by atoms with E-state index in [-0.39, 0.29) is 11.5 Å². The SMILES string of the molecule is CCOCC1CCN(C(=O)[C@H](c2c(F)cccc2F)N(C)C)CC1. The monoisotopic (exact) mass is 340 g/mol. The third-order valence-electron chi connectivity index (χ3n) is 4.51. The van der Waals surface area contributed by atoms with Gasteiger partial charge in [-0.1, -0.05) is 6.07 Å². The second-order valence-corrected chi connectivity index (χ2v) is 6.43. The fraction of sp³-hybridized carbons (Fsp3) is 0.611. The molecule has 0 aliphatic carbocycles. The van der Waals surface area contributed by atoms with E-state index in [9.17, 15) is 13.6 Å². The fourth-order valence-corrected chi connectivity index (χ4v) is 3.15. The minimum Gasteiger partial charge on any atom is -0.381 e. The molecule has 24 heavy (non-hydrogen) atoms. The predicted octanol–water partition coefficient (Wildman–Crippen LogP) is 2.84. The summed E-state index contributed by atoms with van der Waals surface area (Å²) in [5.74, 6) is -1.18. The normalized spacial score (nSPS) is 17.3. The number of hydrogen-bond acceptors (Lipinski definition) is 3. The summed E-state index contributed by atoms with van der Waals surface area (Å²) >= 11 is 0. The number of likely N-dealkylation sites (tertiary alicyclic amines) is 1. The number of nitrogens with zero attached hydrogens (tertiary/aromatic N) is 2. The lowest BCUT2D eigenvalue weighted by Crippen LogP contribution is -2.45. The predicted molar refractivity (Wildman–Crippen MR) is 88.6 cm³/mol. The molecule has 0 radical (unpaired) electrons. The quantitative estimate of drug-likeness (QED) is 0.798. The molecule has 0 spiro atoms. The molecule has 1 fully saturated rings. The van der Waals surface area contributed by atoms with Crippen molar-refractivity contribution in [3.63, 3.8) is 0 Å². The molecule has 2 rings (SSSR count). The molecule has 6 heteroatoms. The largest absolute Gasteiger partial charge is 0.381 e. The number of piperidine rings is 1. The van der Waals surface area contributed by atoms with Crippen LogP contribution in [-0.2, 0) is 9.53 Å². The lowest BCUT2D eigenvalue weighted by atomic mass is 9.96. The highest BCUT2D eigenvalue weighted by Gasteiger charge is 2.34. The lowest BCUT2D eigenvalue weighted by Gasteiger charge is -2.36. The van der Waals surface area contributed by atoms with Crippen LogP contribution in [0, 0.1) is 17.6 Å². The molecule has 1 aromatic carbocycles. The summed E-state index contributed by atoms with van der Waals surface area (Å²) in [4.78, 5) is 16.2. The van der Waals surface area contributed by atoms with Gasteiger partial charge >= 0.3 is 0 Å². The van der Waals surface area contributed by atoms with Crippen LogP contribution >= 0.6 is 0 Å². The number of benzene rings is 1. The number of halogens is 2. The van der Waals surface area contributed by atoms with Gasteiger partial charge in [-0.2, -0.15) is 0 Å². The molecule has 1 aliphatic heterocycles. The summed E-state index contributed by atoms with van der Waals surface area (Å²) < 4.78 is 33.7. The van der Waals surface area contributed by atoms with Crippen LogP contribution in [0.1, 0.15) is 31.4 Å². The molecule has 0 aromatic heterocycles. The molecule has 134 valence electrons. The molecule has 0 bridgehead atoms. The Bertz CT molecular complexity index is 538. The molecule has 1 saturated heterocycles. The molecular formula is C18H26F2N2O2. The van der Waals surface area contributed by atoms with E-state index >= 15 is 0 Å². The van der Waals surface area contributed by atoms with Gasteiger partial charge in [0.2, 0.25) is 5.91 Å². The average molecular weight is 340 g/mol. The molecule has 4 nitrogen and oxygen atoms in total. The van der Waals surface area contributed by atoms with E-state index in [1.165, 1.54) is 18.2 Å². The summed E-state index contributed by atoms with van der Waals surface area (Å²) in [5.41, 5.74) is -0.177. The maximum absolute atomic E-state index is 14.1. The van der Waals surface area contributed by atoms with Gasteiger partial charge in [-0.15, -0.1) is 0 Å². The van der Waals surface area contributed by atoms with E-state index in [0.717, 1.165) is 12.8 Å². The van der Waals surface area contributed by atoms with E-state index in [0.29, 0.717) is 32.2 Å². The average Bonchev–Trinajstić information content (AvgIpc) is 2.56. The number of carbonyl (C=O) groups excluding carboxylic acids is 1. The molecule has 1 aromatic rings. The van der Waals surface area contributed by atoms with Crippen LogP contribution in [0.3, 0.4) is 0 Å². The summed E-state index contributed by atoms with van der Waals surface area (Å²) in [5, 5.41) is 0. The van der Waals surface area contributed by atoms with Crippen molar-refractivity contribution < 1.29 is 18.3 Å². The summed E-state index contributed by atoms with van der Waals surface area (Å²) in [6, 6.07) is 2.74. The van der Waals surface area contributed by atoms with Crippen molar-refractivity contribution in [2.75, 3.05) is 40.4 Å². The number of ether oxygens (including phenoxy) is 1. The van der Waals surface area contributed by atoms with Crippen LogP contribution in [-0.4, -0.2) is 56.1 Å². The molecule has 1 atom stereocenters. The first-order chi connectivity index (χ1) is 11.5. The Morgan fingerprint density at radius 3 is 2.38 bits per heavy atom. The molecule has 1 heterocycles. The Balaban J connectivity index is 2.11. The van der Waals surface area contributed by atoms with E-state index in [1.54, 1.807) is 23.9 Å². The van der Waals surface area contributed by atoms with Crippen LogP contribution in [0.2, 0.25) is 0 Å². The van der Waals surface area contributed by atoms with Gasteiger partial charge in [-0.25, -0.2) is 8.78 Å². The number of likely N-dealkylation sites (N-methyl/N-ethyl adjacent to an activating group) is 1. The second-order valence-electron chi connectivity index (χ2n) is 6.43. The van der Waals surface area contributed by atoms with Crippen LogP contribution < -0.4 is 0 Å². The Morgan fingerprint density at radius 1 is 1.29 bits per heavy atom. The standard InChI is InChI=1S/C18H26F2N2O2/c1-4-24-12-13-8-10-22(11-9-13)18(23)17(21(2)3)16-14(19)6-5-7-15(16)20/h5-7,13,17H,4,8-12H2,1-3H3/t17-/m0/s1. The summed E-state index contributed by atoms with van der Waals surface area (Å²) in [6.07, 6.45) is 1.71. The topological polar surface area (TPSA) is 32.8 Å². The zero-order valence-corrected chi connectivity index (χ0v) is 14.6. The van der Waals surface area contributed by atoms with Crippen molar-refractivity contribution in [2.24, 2.45) is 5.92 Å². The third-order valence-corrected chi connectivity index (χ3v) is 4.51. The first-order valence-electron chi connectivity index (χ1n) is 8.42. The highest BCUT2D eigenvalue weighted by molar-refractivity contribution is 5.83. The molecule has 1 aliphatic rings. The summed E-state index contributed by atoms with van der Waals surface area (Å²) in [7, 11) is 3.33. The minimum absolute atomic E-state index is 0.177. The molecular weight excluding hydrogens is 314 g/mol. The van der Waals surface area contributed by atoms with Crippen molar-refractivity contribution >= 4 is 5.91 Å². The van der Waals surface area contributed by atoms with Crippen LogP contribution in [0.4, 0.5) is 8.78 Å². The fourth-order valence-electron chi connectivity index (χ4n) is 3.15. The van der Waals surface area contributed by atoms with Crippen molar-refractivity contribution in [2.45, 2.75) is 25.8 Å².